The zero-order valence-corrected chi connectivity index (χ0v) is 36.3. The third-order valence-electron chi connectivity index (χ3n) is 11.0. The van der Waals surface area contributed by atoms with Crippen molar-refractivity contribution in [2.24, 2.45) is 5.92 Å². The zero-order valence-electron chi connectivity index (χ0n) is 34.7. The van der Waals surface area contributed by atoms with E-state index in [9.17, 15) is 27.6 Å². The molecule has 18 heteroatoms. The highest BCUT2D eigenvalue weighted by Crippen LogP contribution is 2.46. The number of sulfonamides is 1. The summed E-state index contributed by atoms with van der Waals surface area (Å²) < 4.78 is 42.0. The van der Waals surface area contributed by atoms with E-state index in [1.807, 2.05) is 37.4 Å². The van der Waals surface area contributed by atoms with Crippen LogP contribution in [0.25, 0.3) is 22.3 Å². The third kappa shape index (κ3) is 10.1. The van der Waals surface area contributed by atoms with E-state index in [0.717, 1.165) is 30.8 Å². The second kappa shape index (κ2) is 18.5. The minimum absolute atomic E-state index is 0.0200. The number of nitrogens with one attached hydrogen (secondary N) is 5. The predicted molar refractivity (Wildman–Crippen MR) is 233 cm³/mol. The average molecular weight is 873 g/mol. The lowest BCUT2D eigenvalue weighted by molar-refractivity contribution is -0.139. The van der Waals surface area contributed by atoms with E-state index in [0.29, 0.717) is 46.0 Å². The van der Waals surface area contributed by atoms with E-state index in [-0.39, 0.29) is 49.2 Å². The molecule has 61 heavy (non-hydrogen) atoms. The summed E-state index contributed by atoms with van der Waals surface area (Å²) in [6.07, 6.45) is 6.69. The van der Waals surface area contributed by atoms with Crippen molar-refractivity contribution in [1.29, 1.82) is 0 Å². The summed E-state index contributed by atoms with van der Waals surface area (Å²) in [7, 11) is -2.79. The van der Waals surface area contributed by atoms with E-state index < -0.39 is 51.3 Å². The molecule has 1 saturated carbocycles. The molecule has 4 amide bonds. The molecule has 4 heterocycles. The van der Waals surface area contributed by atoms with Crippen LogP contribution in [0.15, 0.2) is 71.0 Å². The van der Waals surface area contributed by atoms with E-state index in [1.165, 1.54) is 29.2 Å². The Morgan fingerprint density at radius 1 is 1.07 bits per heavy atom. The van der Waals surface area contributed by atoms with Crippen LogP contribution in [0.3, 0.4) is 0 Å². The lowest BCUT2D eigenvalue weighted by atomic mass is 10.1. The Balaban J connectivity index is 1.18. The lowest BCUT2D eigenvalue weighted by Crippen LogP contribution is -2.56. The van der Waals surface area contributed by atoms with Gasteiger partial charge < -0.3 is 35.6 Å². The molecule has 4 aromatic rings. The summed E-state index contributed by atoms with van der Waals surface area (Å²) in [5, 5.41) is 15.4. The fraction of sp³-hybridized carbons (Fsp3) is 0.442. The molecule has 2 aromatic heterocycles. The number of hydrogen-bond acceptors (Lipinski definition) is 13. The number of methoxy groups -OCH3 is 1. The number of thiazole rings is 1. The maximum absolute atomic E-state index is 14.5. The number of ether oxygens (including phenoxy) is 2. The number of hydrogen-bond donors (Lipinski definition) is 5. The molecular weight excluding hydrogens is 821 g/mol. The molecule has 7 rings (SSSR count). The topological polar surface area (TPSA) is 210 Å². The second-order valence-corrected chi connectivity index (χ2v) is 18.4. The first-order valence-electron chi connectivity index (χ1n) is 20.6. The number of carbonyl (C=O) groups excluding carboxylic acids is 4. The summed E-state index contributed by atoms with van der Waals surface area (Å²) in [6, 6.07) is 12.7. The third-order valence-corrected chi connectivity index (χ3v) is 13.1. The number of nitrogens with zero attached hydrogens (tertiary/aromatic N) is 3. The van der Waals surface area contributed by atoms with Gasteiger partial charge in [-0.05, 0) is 63.8 Å². The molecule has 2 fully saturated rings. The van der Waals surface area contributed by atoms with Crippen molar-refractivity contribution in [2.45, 2.75) is 94.3 Å². The van der Waals surface area contributed by atoms with Gasteiger partial charge in [-0.3, -0.25) is 19.2 Å². The maximum atomic E-state index is 14.5. The van der Waals surface area contributed by atoms with Gasteiger partial charge >= 0.3 is 0 Å². The van der Waals surface area contributed by atoms with Crippen molar-refractivity contribution >= 4 is 66.7 Å². The van der Waals surface area contributed by atoms with Crippen LogP contribution in [-0.2, 0) is 29.2 Å². The first-order valence-corrected chi connectivity index (χ1v) is 22.9. The number of benzene rings is 2. The molecule has 4 atom stereocenters. The van der Waals surface area contributed by atoms with Crippen molar-refractivity contribution < 1.29 is 37.1 Å². The van der Waals surface area contributed by atoms with Gasteiger partial charge in [0.1, 0.15) is 39.8 Å². The molecule has 1 aliphatic carbocycles. The summed E-state index contributed by atoms with van der Waals surface area (Å²) in [4.78, 5) is 65.2. The molecule has 0 spiro atoms. The number of rotatable bonds is 11. The predicted octanol–water partition coefficient (Wildman–Crippen LogP) is 4.98. The van der Waals surface area contributed by atoms with Crippen LogP contribution in [0.4, 0.5) is 10.8 Å². The molecule has 2 aliphatic heterocycles. The number of anilines is 2. The number of fused-ring (bicyclic) bond motifs is 3. The van der Waals surface area contributed by atoms with E-state index in [2.05, 4.69) is 26.0 Å². The Morgan fingerprint density at radius 3 is 2.67 bits per heavy atom. The number of likely N-dealkylation sites (tertiary alicyclic amines) is 1. The van der Waals surface area contributed by atoms with Gasteiger partial charge in [-0.25, -0.2) is 23.1 Å². The van der Waals surface area contributed by atoms with Crippen LogP contribution in [0.5, 0.6) is 11.5 Å². The van der Waals surface area contributed by atoms with Gasteiger partial charge in [0.25, 0.3) is 15.9 Å². The van der Waals surface area contributed by atoms with Gasteiger partial charge in [-0.2, -0.15) is 0 Å². The number of pyridine rings is 1. The number of allylic oxidation sites excluding steroid dienone is 1. The lowest BCUT2D eigenvalue weighted by Gasteiger charge is -2.26. The second-order valence-electron chi connectivity index (χ2n) is 15.9. The minimum Gasteiger partial charge on any atom is -0.497 e. The Morgan fingerprint density at radius 2 is 1.89 bits per heavy atom. The molecule has 1 unspecified atom stereocenters. The quantitative estimate of drug-likeness (QED) is 0.126. The normalized spacial score (nSPS) is 22.9. The molecule has 324 valence electrons. The summed E-state index contributed by atoms with van der Waals surface area (Å²) >= 11 is 1.45. The Kier molecular flexibility index (Phi) is 13.1. The van der Waals surface area contributed by atoms with Gasteiger partial charge in [0.2, 0.25) is 17.7 Å². The first-order chi connectivity index (χ1) is 29.3. The minimum atomic E-state index is -4.36. The monoisotopic (exact) mass is 872 g/mol. The zero-order chi connectivity index (χ0) is 43.3. The largest absolute Gasteiger partial charge is 0.497 e. The number of amides is 4. The highest BCUT2D eigenvalue weighted by atomic mass is 32.2. The fourth-order valence-corrected chi connectivity index (χ4v) is 9.83. The average Bonchev–Trinajstić information content (AvgIpc) is 3.48. The highest BCUT2D eigenvalue weighted by molar-refractivity contribution is 7.90. The van der Waals surface area contributed by atoms with Crippen molar-refractivity contribution in [3.8, 4) is 22.9 Å². The van der Waals surface area contributed by atoms with Crippen molar-refractivity contribution in [1.82, 2.24) is 30.2 Å². The van der Waals surface area contributed by atoms with Crippen LogP contribution in [0, 0.1) is 5.92 Å². The van der Waals surface area contributed by atoms with Crippen LogP contribution in [-0.4, -0.2) is 97.4 Å². The molecular formula is C43H52N8O8S2. The van der Waals surface area contributed by atoms with E-state index >= 15 is 0 Å². The molecule has 16 nitrogen and oxygen atoms in total. The summed E-state index contributed by atoms with van der Waals surface area (Å²) in [5.41, 5.74) is 0.560. The molecule has 5 N–H and O–H groups in total. The van der Waals surface area contributed by atoms with E-state index in [1.54, 1.807) is 43.5 Å². The van der Waals surface area contributed by atoms with Crippen LogP contribution >= 0.6 is 11.3 Å². The molecule has 0 bridgehead atoms. The maximum Gasteiger partial charge on any atom is 0.266 e. The van der Waals surface area contributed by atoms with Gasteiger partial charge in [0.05, 0.1) is 30.6 Å². The van der Waals surface area contributed by atoms with Crippen molar-refractivity contribution in [3.05, 3.63) is 66.1 Å². The number of aromatic nitrogens is 2. The molecule has 2 aromatic carbocycles. The van der Waals surface area contributed by atoms with Crippen LogP contribution < -0.4 is 35.5 Å². The fourth-order valence-electron chi connectivity index (χ4n) is 7.76. The summed E-state index contributed by atoms with van der Waals surface area (Å²) in [5.74, 6) is -1.63. The SMILES string of the molecule is COc1ccc2c(O[C@@H]3C[C@@H](C(=O)N[C@]45CC4/C=C\CCCCCNc4ccccc4S(=O)(=O)NC5=O)N(C(=O)CCNC(C)=O)C3)cc(-c3csc(NC(C)C)n3)nc2c1. The van der Waals surface area contributed by atoms with Gasteiger partial charge in [0.15, 0.2) is 5.13 Å². The Bertz CT molecular complexity index is 2440. The van der Waals surface area contributed by atoms with E-state index in [4.69, 9.17) is 19.4 Å². The van der Waals surface area contributed by atoms with Gasteiger partial charge in [-0.1, -0.05) is 30.7 Å². The molecule has 3 aliphatic rings. The van der Waals surface area contributed by atoms with Gasteiger partial charge in [-0.15, -0.1) is 11.3 Å². The highest BCUT2D eigenvalue weighted by Gasteiger charge is 2.61. The van der Waals surface area contributed by atoms with Crippen LogP contribution in [0.2, 0.25) is 0 Å². The Hall–Kier alpha value is -5.75. The van der Waals surface area contributed by atoms with Crippen molar-refractivity contribution in [2.75, 3.05) is 37.4 Å². The smallest absolute Gasteiger partial charge is 0.266 e. The van der Waals surface area contributed by atoms with Crippen molar-refractivity contribution in [3.63, 3.8) is 0 Å². The van der Waals surface area contributed by atoms with Gasteiger partial charge in [0, 0.05) is 67.7 Å². The Labute approximate surface area is 359 Å². The molecule has 1 saturated heterocycles. The summed E-state index contributed by atoms with van der Waals surface area (Å²) in [6.45, 7) is 6.04. The van der Waals surface area contributed by atoms with Crippen LogP contribution in [0.1, 0.15) is 65.7 Å². The standard InChI is InChI=1S/C43H52N8O8S2/c1-26(2)46-42-48-35(25-60-42)34-22-37(31-16-15-29(58-4)20-33(31)47-34)59-30-21-36(51(24-30)39(53)17-19-44-27(3)52)40(54)49-43-23-28(43)12-8-6-5-7-11-18-45-32-13-9-10-14-38(32)61(56,57)50-41(43)55/h8-10,12-16,20,22,25-26,28,30,36,45H,5-7,11,17-19,21,23-24H2,1-4H3,(H,44,52)(H,46,48)(H,49,54)(H,50,55)/b12-8-/t28?,30-,36+,43-/m1/s1. The number of para-hydroxylation sites is 1. The first kappa shape index (κ1) is 43.3. The molecule has 0 radical (unpaired) electrons. The number of carbonyl (C=O) groups is 4.